The average Bonchev–Trinajstić information content (AvgIpc) is 2.44. The summed E-state index contributed by atoms with van der Waals surface area (Å²) in [7, 11) is 0. The van der Waals surface area contributed by atoms with Gasteiger partial charge in [0.15, 0.2) is 0 Å². The molecule has 0 saturated carbocycles. The van der Waals surface area contributed by atoms with Crippen LogP contribution in [-0.4, -0.2) is 28.6 Å². The van der Waals surface area contributed by atoms with E-state index < -0.39 is 23.4 Å². The largest absolute Gasteiger partial charge is 0.443 e. The van der Waals surface area contributed by atoms with Crippen LogP contribution in [-0.2, 0) is 9.47 Å². The Morgan fingerprint density at radius 1 is 1.04 bits per heavy atom. The summed E-state index contributed by atoms with van der Waals surface area (Å²) in [6, 6.07) is 3.19. The highest BCUT2D eigenvalue weighted by Crippen LogP contribution is 2.35. The van der Waals surface area contributed by atoms with Gasteiger partial charge < -0.3 is 9.47 Å². The number of benzene rings is 1. The van der Waals surface area contributed by atoms with Crippen LogP contribution >= 0.6 is 0 Å². The van der Waals surface area contributed by atoms with E-state index in [4.69, 9.17) is 9.47 Å². The maximum atomic E-state index is 12.9. The SMILES string of the molecule is C=C(C)c1cc(NO)cc(C)c1N(C(=O)OC(C)(C)C)C(=O)OC(C)(C)C. The van der Waals surface area contributed by atoms with Crippen molar-refractivity contribution < 1.29 is 24.3 Å². The van der Waals surface area contributed by atoms with E-state index in [1.165, 1.54) is 0 Å². The molecule has 7 nitrogen and oxygen atoms in total. The number of anilines is 2. The van der Waals surface area contributed by atoms with Gasteiger partial charge in [-0.3, -0.25) is 10.7 Å². The Bertz CT molecular complexity index is 714. The standard InChI is InChI=1S/C20H30N2O5/c1-12(2)15-11-14(21-25)10-13(3)16(15)22(17(23)26-19(4,5)6)18(24)27-20(7,8)9/h10-11,21,25H,1H2,2-9H3. The number of aryl methyl sites for hydroxylation is 1. The van der Waals surface area contributed by atoms with Crippen LogP contribution in [0, 0.1) is 6.92 Å². The molecule has 0 aliphatic rings. The lowest BCUT2D eigenvalue weighted by Gasteiger charge is -2.30. The molecule has 1 rings (SSSR count). The molecule has 0 aromatic heterocycles. The first-order valence-electron chi connectivity index (χ1n) is 8.63. The Morgan fingerprint density at radius 2 is 1.48 bits per heavy atom. The predicted molar refractivity (Wildman–Crippen MR) is 106 cm³/mol. The highest BCUT2D eigenvalue weighted by Gasteiger charge is 2.35. The van der Waals surface area contributed by atoms with Crippen molar-refractivity contribution >= 4 is 29.1 Å². The van der Waals surface area contributed by atoms with Crippen molar-refractivity contribution in [3.05, 3.63) is 29.8 Å². The quantitative estimate of drug-likeness (QED) is 0.675. The molecule has 0 unspecified atom stereocenters. The molecule has 0 atom stereocenters. The van der Waals surface area contributed by atoms with Crippen LogP contribution in [0.3, 0.4) is 0 Å². The fraction of sp³-hybridized carbons (Fsp3) is 0.500. The number of imide groups is 1. The second-order valence-corrected chi connectivity index (χ2v) is 8.38. The highest BCUT2D eigenvalue weighted by atomic mass is 16.6. The molecule has 0 radical (unpaired) electrons. The topological polar surface area (TPSA) is 88.1 Å². The van der Waals surface area contributed by atoms with Crippen molar-refractivity contribution in [3.8, 4) is 0 Å². The van der Waals surface area contributed by atoms with Gasteiger partial charge in [-0.1, -0.05) is 6.58 Å². The number of hydrogen-bond acceptors (Lipinski definition) is 6. The van der Waals surface area contributed by atoms with Crippen molar-refractivity contribution in [1.82, 2.24) is 0 Å². The Hall–Kier alpha value is -2.54. The number of amides is 2. The van der Waals surface area contributed by atoms with Crippen molar-refractivity contribution in [3.63, 3.8) is 0 Å². The van der Waals surface area contributed by atoms with Gasteiger partial charge in [-0.2, -0.15) is 4.90 Å². The van der Waals surface area contributed by atoms with E-state index in [9.17, 15) is 14.8 Å². The molecule has 150 valence electrons. The third-order valence-corrected chi connectivity index (χ3v) is 3.27. The van der Waals surface area contributed by atoms with Crippen molar-refractivity contribution in [2.24, 2.45) is 0 Å². The molecule has 27 heavy (non-hydrogen) atoms. The normalized spacial score (nSPS) is 11.6. The van der Waals surface area contributed by atoms with Crippen LogP contribution in [0.2, 0.25) is 0 Å². The lowest BCUT2D eigenvalue weighted by molar-refractivity contribution is 0.0430. The van der Waals surface area contributed by atoms with Crippen LogP contribution in [0.4, 0.5) is 21.0 Å². The molecule has 0 saturated heterocycles. The molecule has 1 aromatic carbocycles. The third kappa shape index (κ3) is 6.29. The monoisotopic (exact) mass is 378 g/mol. The van der Waals surface area contributed by atoms with E-state index in [1.54, 1.807) is 67.5 Å². The van der Waals surface area contributed by atoms with Gasteiger partial charge in [0.2, 0.25) is 0 Å². The van der Waals surface area contributed by atoms with Crippen molar-refractivity contribution in [2.75, 3.05) is 10.4 Å². The van der Waals surface area contributed by atoms with Gasteiger partial charge in [-0.25, -0.2) is 9.59 Å². The first-order valence-corrected chi connectivity index (χ1v) is 8.63. The molecular formula is C20H30N2O5. The number of allylic oxidation sites excluding steroid dienone is 1. The minimum Gasteiger partial charge on any atom is -0.443 e. The lowest BCUT2D eigenvalue weighted by atomic mass is 10.0. The average molecular weight is 378 g/mol. The molecule has 0 heterocycles. The number of carbonyl (C=O) groups is 2. The number of nitrogens with one attached hydrogen (secondary N) is 1. The summed E-state index contributed by atoms with van der Waals surface area (Å²) in [5.41, 5.74) is 2.83. The molecular weight excluding hydrogens is 348 g/mol. The summed E-state index contributed by atoms with van der Waals surface area (Å²) >= 11 is 0. The lowest BCUT2D eigenvalue weighted by Crippen LogP contribution is -2.44. The number of hydrogen-bond donors (Lipinski definition) is 2. The van der Waals surface area contributed by atoms with Crippen molar-refractivity contribution in [2.45, 2.75) is 66.6 Å². The van der Waals surface area contributed by atoms with E-state index in [2.05, 4.69) is 12.1 Å². The number of rotatable bonds is 3. The van der Waals surface area contributed by atoms with Gasteiger partial charge in [0.05, 0.1) is 11.4 Å². The summed E-state index contributed by atoms with van der Waals surface area (Å²) in [5, 5.41) is 9.25. The number of ether oxygens (including phenoxy) is 2. The molecule has 0 fully saturated rings. The molecule has 0 aliphatic heterocycles. The van der Waals surface area contributed by atoms with Crippen LogP contribution in [0.15, 0.2) is 18.7 Å². The summed E-state index contributed by atoms with van der Waals surface area (Å²) in [5.74, 6) is 0. The predicted octanol–water partition coefficient (Wildman–Crippen LogP) is 5.51. The minimum absolute atomic E-state index is 0.296. The minimum atomic E-state index is -0.855. The van der Waals surface area contributed by atoms with E-state index >= 15 is 0 Å². The summed E-state index contributed by atoms with van der Waals surface area (Å²) < 4.78 is 10.9. The highest BCUT2D eigenvalue weighted by molar-refractivity contribution is 6.12. The van der Waals surface area contributed by atoms with Gasteiger partial charge in [0, 0.05) is 5.56 Å². The summed E-state index contributed by atoms with van der Waals surface area (Å²) in [6.45, 7) is 17.6. The maximum absolute atomic E-state index is 12.9. The molecule has 0 aliphatic carbocycles. The van der Waals surface area contributed by atoms with Gasteiger partial charge >= 0.3 is 12.2 Å². The van der Waals surface area contributed by atoms with Crippen LogP contribution in [0.1, 0.15) is 59.6 Å². The molecule has 2 N–H and O–H groups in total. The first kappa shape index (κ1) is 22.5. The van der Waals surface area contributed by atoms with Crippen LogP contribution in [0.5, 0.6) is 0 Å². The Labute approximate surface area is 160 Å². The van der Waals surface area contributed by atoms with E-state index in [0.29, 0.717) is 28.1 Å². The van der Waals surface area contributed by atoms with Gasteiger partial charge in [-0.05, 0) is 78.7 Å². The first-order chi connectivity index (χ1) is 12.2. The van der Waals surface area contributed by atoms with E-state index in [1.807, 2.05) is 0 Å². The number of nitrogens with zero attached hydrogens (tertiary/aromatic N) is 1. The Balaban J connectivity index is 3.62. The van der Waals surface area contributed by atoms with Crippen molar-refractivity contribution in [1.29, 1.82) is 0 Å². The Kier molecular flexibility index (Phi) is 6.67. The fourth-order valence-corrected chi connectivity index (χ4v) is 2.34. The second kappa shape index (κ2) is 8.00. The maximum Gasteiger partial charge on any atom is 0.424 e. The zero-order valence-corrected chi connectivity index (χ0v) is 17.4. The summed E-state index contributed by atoms with van der Waals surface area (Å²) in [4.78, 5) is 26.6. The molecule has 7 heteroatoms. The smallest absolute Gasteiger partial charge is 0.424 e. The van der Waals surface area contributed by atoms with Gasteiger partial charge in [0.1, 0.15) is 11.2 Å². The van der Waals surface area contributed by atoms with E-state index in [0.717, 1.165) is 4.90 Å². The third-order valence-electron chi connectivity index (χ3n) is 3.27. The van der Waals surface area contributed by atoms with Gasteiger partial charge in [0.25, 0.3) is 0 Å². The number of carbonyl (C=O) groups excluding carboxylic acids is 2. The zero-order chi connectivity index (χ0) is 21.2. The van der Waals surface area contributed by atoms with Crippen LogP contribution in [0.25, 0.3) is 5.57 Å². The summed E-state index contributed by atoms with van der Waals surface area (Å²) in [6.07, 6.45) is -1.71. The fourth-order valence-electron chi connectivity index (χ4n) is 2.34. The zero-order valence-electron chi connectivity index (χ0n) is 17.4. The molecule has 0 bridgehead atoms. The molecule has 2 amide bonds. The molecule has 0 spiro atoms. The van der Waals surface area contributed by atoms with E-state index in [-0.39, 0.29) is 0 Å². The Morgan fingerprint density at radius 3 is 1.81 bits per heavy atom. The van der Waals surface area contributed by atoms with Gasteiger partial charge in [-0.15, -0.1) is 0 Å². The van der Waals surface area contributed by atoms with Crippen LogP contribution < -0.4 is 10.4 Å². The second-order valence-electron chi connectivity index (χ2n) is 8.38. The molecule has 1 aromatic rings.